The van der Waals surface area contributed by atoms with Crippen molar-refractivity contribution in [2.24, 2.45) is 0 Å². The number of hydrogen-bond acceptors (Lipinski definition) is 3. The molecule has 0 aliphatic carbocycles. The molecule has 0 spiro atoms. The molecule has 0 aromatic carbocycles. The van der Waals surface area contributed by atoms with E-state index in [2.05, 4.69) is 9.05 Å². The first-order valence-corrected chi connectivity index (χ1v) is 2.43. The second-order valence-corrected chi connectivity index (χ2v) is 1.68. The van der Waals surface area contributed by atoms with Gasteiger partial charge >= 0.3 is 14.5 Å². The second kappa shape index (κ2) is 1.18. The highest BCUT2D eigenvalue weighted by Gasteiger charge is 2.64. The van der Waals surface area contributed by atoms with Crippen LogP contribution in [-0.4, -0.2) is 6.29 Å². The minimum atomic E-state index is -3.59. The first kappa shape index (κ1) is 5.03. The topological polar surface area (TPSA) is 35.5 Å². The molecule has 1 rings (SSSR count). The van der Waals surface area contributed by atoms with E-state index in [0.29, 0.717) is 0 Å². The van der Waals surface area contributed by atoms with Crippen LogP contribution < -0.4 is 0 Å². The van der Waals surface area contributed by atoms with Gasteiger partial charge in [0.25, 0.3) is 0 Å². The number of hydrogen-bond donors (Lipinski definition) is 0. The minimum Gasteiger partial charge on any atom is -0.142 e. The Morgan fingerprint density at radius 1 is 1.43 bits per heavy atom. The quantitative estimate of drug-likeness (QED) is 0.461. The molecule has 0 N–H and O–H groups in total. The maximum atomic E-state index is 11.2. The largest absolute Gasteiger partial charge is 0.714 e. The van der Waals surface area contributed by atoms with E-state index in [0.717, 1.165) is 0 Å². The third kappa shape index (κ3) is 0.907. The fourth-order valence-electron chi connectivity index (χ4n) is 0.180. The van der Waals surface area contributed by atoms with Crippen molar-refractivity contribution in [2.75, 3.05) is 0 Å². The first-order valence-electron chi connectivity index (χ1n) is 1.33. The van der Waals surface area contributed by atoms with E-state index >= 15 is 0 Å². The monoisotopic (exact) mass is 129 g/mol. The molecule has 1 aliphatic rings. The van der Waals surface area contributed by atoms with Crippen LogP contribution in [0.25, 0.3) is 0 Å². The maximum Gasteiger partial charge on any atom is 0.714 e. The molecule has 0 saturated carbocycles. The van der Waals surface area contributed by atoms with Gasteiger partial charge in [-0.05, 0) is 9.05 Å². The van der Waals surface area contributed by atoms with Gasteiger partial charge in [-0.25, -0.2) is 0 Å². The summed E-state index contributed by atoms with van der Waals surface area (Å²) in [5.74, 6) is 0. The van der Waals surface area contributed by atoms with Gasteiger partial charge in [0.05, 0.1) is 0 Å². The van der Waals surface area contributed by atoms with Gasteiger partial charge in [0.15, 0.2) is 0 Å². The number of halogens is 2. The lowest BCUT2D eigenvalue weighted by Gasteiger charge is -2.06. The van der Waals surface area contributed by atoms with E-state index in [1.807, 2.05) is 0 Å². The van der Waals surface area contributed by atoms with Crippen molar-refractivity contribution in [3.63, 3.8) is 0 Å². The van der Waals surface area contributed by atoms with Gasteiger partial charge in [0.1, 0.15) is 0 Å². The Hall–Kier alpha value is -0.120. The molecule has 0 aromatic rings. The third-order valence-electron chi connectivity index (χ3n) is 0.362. The molecule has 1 heterocycles. The lowest BCUT2D eigenvalue weighted by Crippen LogP contribution is -2.27. The van der Waals surface area contributed by atoms with Gasteiger partial charge in [-0.3, -0.25) is 0 Å². The van der Waals surface area contributed by atoms with Gasteiger partial charge < -0.3 is 0 Å². The smallest absolute Gasteiger partial charge is 0.142 e. The summed E-state index contributed by atoms with van der Waals surface area (Å²) in [5.41, 5.74) is 0. The predicted molar refractivity (Wildman–Crippen MR) is 14.7 cm³/mol. The van der Waals surface area contributed by atoms with Crippen molar-refractivity contribution in [3.8, 4) is 0 Å². The zero-order valence-corrected chi connectivity index (χ0v) is 3.82. The molecular formula is CF2O3P+. The normalized spacial score (nSPS) is 26.9. The van der Waals surface area contributed by atoms with Crippen molar-refractivity contribution in [1.29, 1.82) is 0 Å². The number of alkyl halides is 2. The highest BCUT2D eigenvalue weighted by molar-refractivity contribution is 7.34. The van der Waals surface area contributed by atoms with Crippen LogP contribution in [0.5, 0.6) is 0 Å². The number of rotatable bonds is 0. The molecule has 1 fully saturated rings. The molecule has 3 nitrogen and oxygen atoms in total. The molecule has 6 heteroatoms. The standard InChI is InChI=1S/CF2O3P/c2-1(3)5-7(4)6-1/q+1. The van der Waals surface area contributed by atoms with E-state index < -0.39 is 14.5 Å². The van der Waals surface area contributed by atoms with E-state index in [1.165, 1.54) is 0 Å². The Labute approximate surface area is 38.2 Å². The second-order valence-electron chi connectivity index (χ2n) is 0.870. The fourth-order valence-corrected chi connectivity index (χ4v) is 0.541. The van der Waals surface area contributed by atoms with Crippen LogP contribution in [0.4, 0.5) is 8.78 Å². The van der Waals surface area contributed by atoms with Gasteiger partial charge in [-0.2, -0.15) is 0 Å². The van der Waals surface area contributed by atoms with Crippen molar-refractivity contribution >= 4 is 8.25 Å². The molecule has 7 heavy (non-hydrogen) atoms. The van der Waals surface area contributed by atoms with Crippen LogP contribution in [0.2, 0.25) is 0 Å². The van der Waals surface area contributed by atoms with E-state index in [9.17, 15) is 13.3 Å². The lowest BCUT2D eigenvalue weighted by atomic mass is 11.3. The summed E-state index contributed by atoms with van der Waals surface area (Å²) >= 11 is 0. The lowest BCUT2D eigenvalue weighted by molar-refractivity contribution is -0.360. The van der Waals surface area contributed by atoms with Crippen LogP contribution in [-0.2, 0) is 13.6 Å². The summed E-state index contributed by atoms with van der Waals surface area (Å²) in [6.45, 7) is 0. The Kier molecular flexibility index (Phi) is 0.849. The van der Waals surface area contributed by atoms with Crippen LogP contribution in [0.3, 0.4) is 0 Å². The Balaban J connectivity index is 2.43. The van der Waals surface area contributed by atoms with Crippen molar-refractivity contribution in [1.82, 2.24) is 0 Å². The Bertz CT molecular complexity index is 102. The molecule has 0 unspecified atom stereocenters. The van der Waals surface area contributed by atoms with Gasteiger partial charge in [-0.1, -0.05) is 0 Å². The molecule has 1 saturated heterocycles. The zero-order valence-electron chi connectivity index (χ0n) is 2.93. The summed E-state index contributed by atoms with van der Waals surface area (Å²) in [7, 11) is -2.51. The van der Waals surface area contributed by atoms with Gasteiger partial charge in [-0.15, -0.1) is 8.78 Å². The van der Waals surface area contributed by atoms with E-state index in [-0.39, 0.29) is 0 Å². The van der Waals surface area contributed by atoms with Gasteiger partial charge in [0, 0.05) is 4.57 Å². The maximum absolute atomic E-state index is 11.2. The molecule has 40 valence electrons. The summed E-state index contributed by atoms with van der Waals surface area (Å²) in [6, 6.07) is 0. The molecule has 0 aromatic heterocycles. The third-order valence-corrected chi connectivity index (χ3v) is 1.08. The van der Waals surface area contributed by atoms with E-state index in [1.54, 1.807) is 0 Å². The Morgan fingerprint density at radius 3 is 1.86 bits per heavy atom. The molecule has 0 atom stereocenters. The molecule has 0 amide bonds. The molecule has 0 radical (unpaired) electrons. The molecule has 1 aliphatic heterocycles. The van der Waals surface area contributed by atoms with Crippen LogP contribution in [0.15, 0.2) is 0 Å². The van der Waals surface area contributed by atoms with E-state index in [4.69, 9.17) is 0 Å². The summed E-state index contributed by atoms with van der Waals surface area (Å²) in [5, 5.41) is 0. The summed E-state index contributed by atoms with van der Waals surface area (Å²) < 4.78 is 38.4. The zero-order chi connectivity index (χ0) is 5.49. The van der Waals surface area contributed by atoms with Crippen molar-refractivity contribution in [2.45, 2.75) is 6.29 Å². The molecular weight excluding hydrogens is 129 g/mol. The minimum absolute atomic E-state index is 2.51. The SMILES string of the molecule is O=[P+]1OC(F)(F)O1. The average molecular weight is 129 g/mol. The highest BCUT2D eigenvalue weighted by Crippen LogP contribution is 2.49. The Morgan fingerprint density at radius 2 is 1.86 bits per heavy atom. The van der Waals surface area contributed by atoms with Crippen LogP contribution >= 0.6 is 8.25 Å². The van der Waals surface area contributed by atoms with Crippen molar-refractivity contribution < 1.29 is 22.4 Å². The van der Waals surface area contributed by atoms with Crippen LogP contribution in [0.1, 0.15) is 0 Å². The average Bonchev–Trinajstić information content (AvgIpc) is 1.27. The summed E-state index contributed by atoms with van der Waals surface area (Å²) in [6.07, 6.45) is -3.59. The van der Waals surface area contributed by atoms with Gasteiger partial charge in [0.2, 0.25) is 0 Å². The first-order chi connectivity index (χ1) is 3.10. The van der Waals surface area contributed by atoms with Crippen LogP contribution in [0, 0.1) is 0 Å². The highest BCUT2D eigenvalue weighted by atomic mass is 31.1. The van der Waals surface area contributed by atoms with Crippen molar-refractivity contribution in [3.05, 3.63) is 0 Å². The molecule has 0 bridgehead atoms. The predicted octanol–water partition coefficient (Wildman–Crippen LogP) is 1.24. The fraction of sp³-hybridized carbons (Fsp3) is 1.00. The summed E-state index contributed by atoms with van der Waals surface area (Å²) in [4.78, 5) is 0.